The maximum absolute atomic E-state index is 11.7. The lowest BCUT2D eigenvalue weighted by Gasteiger charge is -2.07. The maximum Gasteiger partial charge on any atom is 0.331 e. The molecule has 0 unspecified atom stereocenters. The van der Waals surface area contributed by atoms with Crippen LogP contribution in [0, 0.1) is 0 Å². The van der Waals surface area contributed by atoms with Crippen LogP contribution in [0.1, 0.15) is 15.9 Å². The Hall–Kier alpha value is -2.93. The molecule has 2 aromatic rings. The van der Waals surface area contributed by atoms with Crippen molar-refractivity contribution in [2.75, 3.05) is 6.61 Å². The maximum atomic E-state index is 11.7. The molecule has 7 heteroatoms. The third-order valence-electron chi connectivity index (χ3n) is 2.98. The van der Waals surface area contributed by atoms with Crippen molar-refractivity contribution in [2.24, 2.45) is 0 Å². The van der Waals surface area contributed by atoms with Gasteiger partial charge in [0.25, 0.3) is 11.8 Å². The summed E-state index contributed by atoms with van der Waals surface area (Å²) in [4.78, 5) is 34.8. The third-order valence-corrected chi connectivity index (χ3v) is 3.51. The van der Waals surface area contributed by atoms with Crippen LogP contribution >= 0.6 is 15.9 Å². The summed E-state index contributed by atoms with van der Waals surface area (Å²) in [5, 5.41) is 0. The second-order valence-corrected chi connectivity index (χ2v) is 5.78. The smallest absolute Gasteiger partial charge is 0.331 e. The van der Waals surface area contributed by atoms with E-state index in [9.17, 15) is 14.4 Å². The first-order valence-electron chi connectivity index (χ1n) is 7.29. The van der Waals surface area contributed by atoms with Gasteiger partial charge in [-0.1, -0.05) is 46.3 Å². The number of carbonyl (C=O) groups is 3. The van der Waals surface area contributed by atoms with Crippen molar-refractivity contribution in [1.29, 1.82) is 0 Å². The quantitative estimate of drug-likeness (QED) is 0.457. The lowest BCUT2D eigenvalue weighted by atomic mass is 10.2. The fraction of sp³-hybridized carbons (Fsp3) is 0.0556. The second kappa shape index (κ2) is 9.39. The number of esters is 1. The van der Waals surface area contributed by atoms with E-state index in [1.165, 1.54) is 6.08 Å². The van der Waals surface area contributed by atoms with Crippen LogP contribution in [-0.4, -0.2) is 24.4 Å². The van der Waals surface area contributed by atoms with Gasteiger partial charge in [-0.15, -0.1) is 0 Å². The molecule has 128 valence electrons. The van der Waals surface area contributed by atoms with E-state index in [1.807, 2.05) is 24.3 Å². The number of carbonyl (C=O) groups excluding carboxylic acids is 3. The molecule has 2 aromatic carbocycles. The molecule has 0 saturated carbocycles. The minimum Gasteiger partial charge on any atom is -0.452 e. The van der Waals surface area contributed by atoms with Crippen molar-refractivity contribution in [2.45, 2.75) is 0 Å². The highest BCUT2D eigenvalue weighted by Gasteiger charge is 2.08. The fourth-order valence-electron chi connectivity index (χ4n) is 1.75. The average Bonchev–Trinajstić information content (AvgIpc) is 2.64. The summed E-state index contributed by atoms with van der Waals surface area (Å²) in [6.07, 6.45) is 2.79. The van der Waals surface area contributed by atoms with E-state index in [0.29, 0.717) is 5.56 Å². The number of nitrogens with one attached hydrogen (secondary N) is 2. The van der Waals surface area contributed by atoms with E-state index < -0.39 is 24.4 Å². The van der Waals surface area contributed by atoms with E-state index in [2.05, 4.69) is 26.8 Å². The lowest BCUT2D eigenvalue weighted by molar-refractivity contribution is -0.144. The Balaban J connectivity index is 1.71. The zero-order valence-corrected chi connectivity index (χ0v) is 14.7. The molecule has 0 atom stereocenters. The van der Waals surface area contributed by atoms with E-state index in [4.69, 9.17) is 4.74 Å². The van der Waals surface area contributed by atoms with Gasteiger partial charge in [0.15, 0.2) is 6.61 Å². The Morgan fingerprint density at radius 2 is 1.64 bits per heavy atom. The molecule has 0 heterocycles. The number of ether oxygens (including phenoxy) is 1. The van der Waals surface area contributed by atoms with Crippen LogP contribution in [0.5, 0.6) is 0 Å². The highest BCUT2D eigenvalue weighted by Crippen LogP contribution is 2.11. The predicted molar refractivity (Wildman–Crippen MR) is 96.2 cm³/mol. The summed E-state index contributed by atoms with van der Waals surface area (Å²) < 4.78 is 5.72. The molecule has 2 amide bonds. The second-order valence-electron chi connectivity index (χ2n) is 4.86. The molecule has 0 radical (unpaired) electrons. The van der Waals surface area contributed by atoms with Crippen LogP contribution in [0.3, 0.4) is 0 Å². The minimum atomic E-state index is -0.660. The molecule has 25 heavy (non-hydrogen) atoms. The van der Waals surface area contributed by atoms with Crippen molar-refractivity contribution >= 4 is 39.8 Å². The minimum absolute atomic E-state index is 0.400. The molecule has 0 fully saturated rings. The number of hydrazine groups is 1. The van der Waals surface area contributed by atoms with Crippen molar-refractivity contribution < 1.29 is 19.1 Å². The van der Waals surface area contributed by atoms with E-state index in [-0.39, 0.29) is 0 Å². The van der Waals surface area contributed by atoms with Crippen molar-refractivity contribution in [3.63, 3.8) is 0 Å². The molecular weight excluding hydrogens is 388 g/mol. The Kier molecular flexibility index (Phi) is 6.91. The number of halogens is 1. The van der Waals surface area contributed by atoms with Gasteiger partial charge in [0.1, 0.15) is 0 Å². The molecule has 0 spiro atoms. The van der Waals surface area contributed by atoms with Crippen LogP contribution in [0.4, 0.5) is 0 Å². The Labute approximate surface area is 153 Å². The molecule has 6 nitrogen and oxygen atoms in total. The first-order valence-corrected chi connectivity index (χ1v) is 8.08. The van der Waals surface area contributed by atoms with E-state index >= 15 is 0 Å². The van der Waals surface area contributed by atoms with Crippen molar-refractivity contribution in [3.05, 3.63) is 76.3 Å². The summed E-state index contributed by atoms with van der Waals surface area (Å²) in [7, 11) is 0. The van der Waals surface area contributed by atoms with Gasteiger partial charge in [-0.2, -0.15) is 0 Å². The highest BCUT2D eigenvalue weighted by molar-refractivity contribution is 9.10. The van der Waals surface area contributed by atoms with Crippen LogP contribution in [0.25, 0.3) is 6.08 Å². The first-order chi connectivity index (χ1) is 12.0. The molecule has 2 rings (SSSR count). The number of benzene rings is 2. The average molecular weight is 403 g/mol. The Morgan fingerprint density at radius 1 is 0.960 bits per heavy atom. The largest absolute Gasteiger partial charge is 0.452 e. The third kappa shape index (κ3) is 6.60. The van der Waals surface area contributed by atoms with Crippen LogP contribution < -0.4 is 10.9 Å². The van der Waals surface area contributed by atoms with Gasteiger partial charge < -0.3 is 4.74 Å². The van der Waals surface area contributed by atoms with E-state index in [0.717, 1.165) is 10.0 Å². The molecule has 0 aliphatic carbocycles. The topological polar surface area (TPSA) is 84.5 Å². The van der Waals surface area contributed by atoms with Crippen LogP contribution in [-0.2, 0) is 14.3 Å². The van der Waals surface area contributed by atoms with Gasteiger partial charge in [-0.25, -0.2) is 4.79 Å². The zero-order chi connectivity index (χ0) is 18.1. The molecule has 0 aliphatic heterocycles. The Bertz CT molecular complexity index is 773. The zero-order valence-electron chi connectivity index (χ0n) is 13.1. The SMILES string of the molecule is O=C(COC(=O)/C=C/c1ccc(Br)cc1)NNC(=O)c1ccccc1. The molecule has 0 saturated heterocycles. The summed E-state index contributed by atoms with van der Waals surface area (Å²) >= 11 is 3.32. The van der Waals surface area contributed by atoms with Gasteiger partial charge in [-0.05, 0) is 35.9 Å². The molecule has 0 bridgehead atoms. The van der Waals surface area contributed by atoms with Gasteiger partial charge in [0, 0.05) is 16.1 Å². The summed E-state index contributed by atoms with van der Waals surface area (Å²) in [6, 6.07) is 15.7. The first kappa shape index (κ1) is 18.4. The van der Waals surface area contributed by atoms with E-state index in [1.54, 1.807) is 36.4 Å². The summed E-state index contributed by atoms with van der Waals surface area (Å²) in [5.74, 6) is -1.77. The number of amides is 2. The van der Waals surface area contributed by atoms with Crippen LogP contribution in [0.2, 0.25) is 0 Å². The monoisotopic (exact) mass is 402 g/mol. The normalized spacial score (nSPS) is 10.3. The van der Waals surface area contributed by atoms with Crippen molar-refractivity contribution in [3.8, 4) is 0 Å². The van der Waals surface area contributed by atoms with Gasteiger partial charge >= 0.3 is 5.97 Å². The summed E-state index contributed by atoms with van der Waals surface area (Å²) in [5.41, 5.74) is 5.62. The highest BCUT2D eigenvalue weighted by atomic mass is 79.9. The number of rotatable bonds is 5. The van der Waals surface area contributed by atoms with Gasteiger partial charge in [0.05, 0.1) is 0 Å². The predicted octanol–water partition coefficient (Wildman–Crippen LogP) is 2.47. The molecular formula is C18H15BrN2O4. The number of hydrogen-bond donors (Lipinski definition) is 2. The van der Waals surface area contributed by atoms with Crippen LogP contribution in [0.15, 0.2) is 65.1 Å². The Morgan fingerprint density at radius 3 is 2.32 bits per heavy atom. The van der Waals surface area contributed by atoms with Gasteiger partial charge in [0.2, 0.25) is 0 Å². The lowest BCUT2D eigenvalue weighted by Crippen LogP contribution is -2.43. The number of hydrogen-bond acceptors (Lipinski definition) is 4. The summed E-state index contributed by atoms with van der Waals surface area (Å²) in [6.45, 7) is -0.501. The van der Waals surface area contributed by atoms with Gasteiger partial charge in [-0.3, -0.25) is 20.4 Å². The van der Waals surface area contributed by atoms with Crippen molar-refractivity contribution in [1.82, 2.24) is 10.9 Å². The molecule has 0 aromatic heterocycles. The fourth-order valence-corrected chi connectivity index (χ4v) is 2.01. The standard InChI is InChI=1S/C18H15BrN2O4/c19-15-9-6-13(7-10-15)8-11-17(23)25-12-16(22)20-21-18(24)14-4-2-1-3-5-14/h1-11H,12H2,(H,20,22)(H,21,24)/b11-8+. The molecule has 0 aliphatic rings. The molecule has 2 N–H and O–H groups in total.